The van der Waals surface area contributed by atoms with Crippen molar-refractivity contribution in [1.82, 2.24) is 14.5 Å². The van der Waals surface area contributed by atoms with Crippen molar-refractivity contribution in [2.24, 2.45) is 12.5 Å². The summed E-state index contributed by atoms with van der Waals surface area (Å²) in [5.41, 5.74) is 1.31. The summed E-state index contributed by atoms with van der Waals surface area (Å²) in [6, 6.07) is 1.94. The molecule has 2 aromatic heterocycles. The molecule has 1 saturated heterocycles. The first-order valence-electron chi connectivity index (χ1n) is 6.76. The van der Waals surface area contributed by atoms with Gasteiger partial charge >= 0.3 is 5.97 Å². The number of hydrogen-bond donors (Lipinski definition) is 1. The molecule has 6 heteroatoms. The van der Waals surface area contributed by atoms with Gasteiger partial charge in [-0.15, -0.1) is 0 Å². The maximum Gasteiger partial charge on any atom is 0.309 e. The van der Waals surface area contributed by atoms with Crippen molar-refractivity contribution < 1.29 is 9.90 Å². The summed E-state index contributed by atoms with van der Waals surface area (Å²) in [5, 5.41) is 9.28. The quantitative estimate of drug-likeness (QED) is 0.901. The van der Waals surface area contributed by atoms with Crippen LogP contribution in [0, 0.1) is 5.41 Å². The van der Waals surface area contributed by atoms with E-state index in [1.807, 2.05) is 24.6 Å². The Balaban J connectivity index is 1.89. The number of nitrogens with zero attached hydrogens (tertiary/aromatic N) is 4. The third-order valence-electron chi connectivity index (χ3n) is 4.31. The Morgan fingerprint density at radius 1 is 1.35 bits per heavy atom. The second-order valence-electron chi connectivity index (χ2n) is 5.71. The number of imidazole rings is 1. The first-order valence-corrected chi connectivity index (χ1v) is 6.76. The van der Waals surface area contributed by atoms with E-state index in [4.69, 9.17) is 0 Å². The zero-order valence-electron chi connectivity index (χ0n) is 11.7. The molecule has 3 rings (SSSR count). The summed E-state index contributed by atoms with van der Waals surface area (Å²) in [6.07, 6.45) is 4.83. The second kappa shape index (κ2) is 4.47. The molecular weight excluding hydrogens is 256 g/mol. The van der Waals surface area contributed by atoms with Crippen molar-refractivity contribution >= 4 is 22.8 Å². The van der Waals surface area contributed by atoms with E-state index in [1.165, 1.54) is 0 Å². The van der Waals surface area contributed by atoms with Crippen molar-refractivity contribution in [3.05, 3.63) is 18.6 Å². The number of carboxylic acids is 1. The third kappa shape index (κ3) is 1.92. The molecule has 1 N–H and O–H groups in total. The summed E-state index contributed by atoms with van der Waals surface area (Å²) >= 11 is 0. The molecule has 0 unspecified atom stereocenters. The molecule has 1 aliphatic heterocycles. The minimum atomic E-state index is -0.707. The van der Waals surface area contributed by atoms with Crippen LogP contribution in [0.3, 0.4) is 0 Å². The number of carbonyl (C=O) groups is 1. The number of aliphatic carboxylic acids is 1. The van der Waals surface area contributed by atoms with Crippen molar-refractivity contribution in [2.75, 3.05) is 18.0 Å². The molecule has 20 heavy (non-hydrogen) atoms. The van der Waals surface area contributed by atoms with E-state index >= 15 is 0 Å². The van der Waals surface area contributed by atoms with Crippen LogP contribution in [-0.2, 0) is 11.8 Å². The lowest BCUT2D eigenvalue weighted by molar-refractivity contribution is -0.149. The largest absolute Gasteiger partial charge is 0.481 e. The highest BCUT2D eigenvalue weighted by atomic mass is 16.4. The van der Waals surface area contributed by atoms with Crippen molar-refractivity contribution in [3.8, 4) is 0 Å². The van der Waals surface area contributed by atoms with Crippen LogP contribution in [0.25, 0.3) is 11.0 Å². The minimum absolute atomic E-state index is 0.617. The fourth-order valence-electron chi connectivity index (χ4n) is 2.71. The molecule has 0 spiro atoms. The van der Waals surface area contributed by atoms with E-state index in [2.05, 4.69) is 14.9 Å². The topological polar surface area (TPSA) is 71.2 Å². The van der Waals surface area contributed by atoms with Gasteiger partial charge in [-0.05, 0) is 25.8 Å². The van der Waals surface area contributed by atoms with Crippen LogP contribution in [0.4, 0.5) is 5.82 Å². The lowest BCUT2D eigenvalue weighted by atomic mass is 9.80. The number of aryl methyl sites for hydroxylation is 1. The predicted molar refractivity (Wildman–Crippen MR) is 75.7 cm³/mol. The number of hydrogen-bond acceptors (Lipinski definition) is 4. The monoisotopic (exact) mass is 274 g/mol. The summed E-state index contributed by atoms with van der Waals surface area (Å²) in [7, 11) is 1.96. The summed E-state index contributed by atoms with van der Waals surface area (Å²) in [5.74, 6) is 0.150. The molecule has 6 nitrogen and oxygen atoms in total. The maximum absolute atomic E-state index is 11.3. The molecule has 106 valence electrons. The van der Waals surface area contributed by atoms with Crippen molar-refractivity contribution in [3.63, 3.8) is 0 Å². The van der Waals surface area contributed by atoms with Gasteiger partial charge in [0.2, 0.25) is 0 Å². The molecule has 3 heterocycles. The lowest BCUT2D eigenvalue weighted by Crippen LogP contribution is -2.43. The SMILES string of the molecule is Cn1cnc2c(N3CCC(C)(C(=O)O)CC3)nccc21. The van der Waals surface area contributed by atoms with Gasteiger partial charge in [0.05, 0.1) is 17.3 Å². The van der Waals surface area contributed by atoms with Crippen molar-refractivity contribution in [2.45, 2.75) is 19.8 Å². The van der Waals surface area contributed by atoms with E-state index in [9.17, 15) is 9.90 Å². The molecule has 0 aromatic carbocycles. The highest BCUT2D eigenvalue weighted by Crippen LogP contribution is 2.34. The molecular formula is C14H18N4O2. The van der Waals surface area contributed by atoms with E-state index in [0.29, 0.717) is 25.9 Å². The van der Waals surface area contributed by atoms with E-state index in [-0.39, 0.29) is 0 Å². The molecule has 0 amide bonds. The van der Waals surface area contributed by atoms with Crippen LogP contribution < -0.4 is 4.90 Å². The van der Waals surface area contributed by atoms with Crippen LogP contribution in [0.15, 0.2) is 18.6 Å². The van der Waals surface area contributed by atoms with Gasteiger partial charge in [0.1, 0.15) is 5.52 Å². The number of aromatic nitrogens is 3. The van der Waals surface area contributed by atoms with Crippen molar-refractivity contribution in [1.29, 1.82) is 0 Å². The standard InChI is InChI=1S/C14H18N4O2/c1-14(13(19)20)4-7-18(8-5-14)12-11-10(3-6-15-12)17(2)9-16-11/h3,6,9H,4-5,7-8H2,1-2H3,(H,19,20). The Morgan fingerprint density at radius 3 is 2.70 bits per heavy atom. The summed E-state index contributed by atoms with van der Waals surface area (Å²) < 4.78 is 1.96. The van der Waals surface area contributed by atoms with Crippen LogP contribution in [0.5, 0.6) is 0 Å². The van der Waals surface area contributed by atoms with Gasteiger partial charge in [0, 0.05) is 26.3 Å². The Labute approximate surface area is 117 Å². The number of rotatable bonds is 2. The van der Waals surface area contributed by atoms with Crippen LogP contribution >= 0.6 is 0 Å². The van der Waals surface area contributed by atoms with Crippen LogP contribution in [0.2, 0.25) is 0 Å². The predicted octanol–water partition coefficient (Wildman–Crippen LogP) is 1.66. The van der Waals surface area contributed by atoms with E-state index in [0.717, 1.165) is 16.9 Å². The van der Waals surface area contributed by atoms with E-state index in [1.54, 1.807) is 12.5 Å². The van der Waals surface area contributed by atoms with E-state index < -0.39 is 11.4 Å². The normalized spacial score (nSPS) is 18.4. The third-order valence-corrected chi connectivity index (χ3v) is 4.31. The molecule has 2 aromatic rings. The summed E-state index contributed by atoms with van der Waals surface area (Å²) in [4.78, 5) is 22.3. The highest BCUT2D eigenvalue weighted by molar-refractivity contribution is 5.86. The number of fused-ring (bicyclic) bond motifs is 1. The fraction of sp³-hybridized carbons (Fsp3) is 0.500. The molecule has 1 aliphatic rings. The van der Waals surface area contributed by atoms with Gasteiger partial charge in [0.15, 0.2) is 5.82 Å². The molecule has 0 bridgehead atoms. The fourth-order valence-corrected chi connectivity index (χ4v) is 2.71. The average molecular weight is 274 g/mol. The molecule has 0 saturated carbocycles. The summed E-state index contributed by atoms with van der Waals surface area (Å²) in [6.45, 7) is 3.22. The second-order valence-corrected chi connectivity index (χ2v) is 5.71. The van der Waals surface area contributed by atoms with Gasteiger partial charge in [-0.1, -0.05) is 0 Å². The number of pyridine rings is 1. The molecule has 0 aliphatic carbocycles. The van der Waals surface area contributed by atoms with Gasteiger partial charge in [0.25, 0.3) is 0 Å². The van der Waals surface area contributed by atoms with Gasteiger partial charge in [-0.25, -0.2) is 9.97 Å². The van der Waals surface area contributed by atoms with Gasteiger partial charge in [-0.2, -0.15) is 0 Å². The Hall–Kier alpha value is -2.11. The number of anilines is 1. The molecule has 1 fully saturated rings. The smallest absolute Gasteiger partial charge is 0.309 e. The molecule has 0 radical (unpaired) electrons. The van der Waals surface area contributed by atoms with Crippen LogP contribution in [0.1, 0.15) is 19.8 Å². The number of piperidine rings is 1. The lowest BCUT2D eigenvalue weighted by Gasteiger charge is -2.37. The van der Waals surface area contributed by atoms with Gasteiger partial charge < -0.3 is 14.6 Å². The Bertz CT molecular complexity index is 656. The number of carboxylic acid groups (broad SMARTS) is 1. The first kappa shape index (κ1) is 12.9. The van der Waals surface area contributed by atoms with Gasteiger partial charge in [-0.3, -0.25) is 4.79 Å². The first-order chi connectivity index (χ1) is 9.51. The minimum Gasteiger partial charge on any atom is -0.481 e. The Kier molecular flexibility index (Phi) is 2.88. The van der Waals surface area contributed by atoms with Crippen LogP contribution in [-0.4, -0.2) is 38.7 Å². The highest BCUT2D eigenvalue weighted by Gasteiger charge is 2.37. The molecule has 0 atom stereocenters. The Morgan fingerprint density at radius 2 is 2.05 bits per heavy atom. The zero-order chi connectivity index (χ0) is 14.3. The average Bonchev–Trinajstić information content (AvgIpc) is 2.82. The maximum atomic E-state index is 11.3. The zero-order valence-corrected chi connectivity index (χ0v) is 11.7.